The smallest absolute Gasteiger partial charge is 0.169 e. The standard InChI is InChI=1S/C13H17BrClN3O/c1-3-7-18-13(9(15)8-17-18)12(16-4-2)10-5-6-11(14)19-10/h5-6,8,12,16H,3-4,7H2,1-2H3. The molecule has 1 atom stereocenters. The van der Waals surface area contributed by atoms with E-state index in [1.54, 1.807) is 6.20 Å². The summed E-state index contributed by atoms with van der Waals surface area (Å²) < 4.78 is 8.31. The lowest BCUT2D eigenvalue weighted by molar-refractivity contribution is 0.418. The van der Waals surface area contributed by atoms with E-state index >= 15 is 0 Å². The second kappa shape index (κ2) is 6.59. The summed E-state index contributed by atoms with van der Waals surface area (Å²) in [7, 11) is 0. The molecule has 104 valence electrons. The number of aromatic nitrogens is 2. The van der Waals surface area contributed by atoms with Crippen LogP contribution in [0.25, 0.3) is 0 Å². The third kappa shape index (κ3) is 3.22. The number of hydrogen-bond donors (Lipinski definition) is 1. The first-order valence-corrected chi connectivity index (χ1v) is 7.54. The predicted octanol–water partition coefficient (Wildman–Crippen LogP) is 4.00. The molecule has 0 fully saturated rings. The van der Waals surface area contributed by atoms with E-state index in [2.05, 4.69) is 40.2 Å². The Morgan fingerprint density at radius 2 is 2.26 bits per heavy atom. The Morgan fingerprint density at radius 1 is 1.47 bits per heavy atom. The zero-order valence-electron chi connectivity index (χ0n) is 11.0. The molecule has 0 radical (unpaired) electrons. The van der Waals surface area contributed by atoms with Gasteiger partial charge in [0.25, 0.3) is 0 Å². The average molecular weight is 347 g/mol. The zero-order chi connectivity index (χ0) is 13.8. The molecule has 4 nitrogen and oxygen atoms in total. The van der Waals surface area contributed by atoms with E-state index in [9.17, 15) is 0 Å². The number of rotatable bonds is 6. The first kappa shape index (κ1) is 14.6. The summed E-state index contributed by atoms with van der Waals surface area (Å²) in [6, 6.07) is 3.74. The van der Waals surface area contributed by atoms with E-state index in [4.69, 9.17) is 16.0 Å². The van der Waals surface area contributed by atoms with E-state index in [1.807, 2.05) is 16.8 Å². The van der Waals surface area contributed by atoms with Crippen molar-refractivity contribution >= 4 is 27.5 Å². The van der Waals surface area contributed by atoms with E-state index in [1.165, 1.54) is 0 Å². The SMILES string of the molecule is CCCn1ncc(Cl)c1C(NCC)c1ccc(Br)o1. The van der Waals surface area contributed by atoms with Gasteiger partial charge in [-0.05, 0) is 41.0 Å². The van der Waals surface area contributed by atoms with Crippen LogP contribution in [0.15, 0.2) is 27.4 Å². The molecule has 0 aliphatic carbocycles. The fraction of sp³-hybridized carbons (Fsp3) is 0.462. The first-order chi connectivity index (χ1) is 9.17. The molecule has 6 heteroatoms. The van der Waals surface area contributed by atoms with Gasteiger partial charge in [-0.1, -0.05) is 25.4 Å². The summed E-state index contributed by atoms with van der Waals surface area (Å²) in [6.07, 6.45) is 2.70. The summed E-state index contributed by atoms with van der Waals surface area (Å²) in [5.41, 5.74) is 0.951. The molecular weight excluding hydrogens is 330 g/mol. The first-order valence-electron chi connectivity index (χ1n) is 6.37. The molecule has 0 amide bonds. The van der Waals surface area contributed by atoms with Gasteiger partial charge in [0.05, 0.1) is 16.9 Å². The Kier molecular flexibility index (Phi) is 5.07. The lowest BCUT2D eigenvalue weighted by atomic mass is 10.1. The molecule has 0 aliphatic rings. The van der Waals surface area contributed by atoms with Gasteiger partial charge in [0, 0.05) is 6.54 Å². The normalized spacial score (nSPS) is 12.8. The minimum atomic E-state index is -0.0853. The zero-order valence-corrected chi connectivity index (χ0v) is 13.3. The highest BCUT2D eigenvalue weighted by Gasteiger charge is 2.24. The highest BCUT2D eigenvalue weighted by molar-refractivity contribution is 9.10. The van der Waals surface area contributed by atoms with Gasteiger partial charge in [0.15, 0.2) is 4.67 Å². The number of hydrogen-bond acceptors (Lipinski definition) is 3. The van der Waals surface area contributed by atoms with Gasteiger partial charge < -0.3 is 9.73 Å². The van der Waals surface area contributed by atoms with Gasteiger partial charge in [0.2, 0.25) is 0 Å². The van der Waals surface area contributed by atoms with Crippen molar-refractivity contribution in [2.24, 2.45) is 0 Å². The van der Waals surface area contributed by atoms with Crippen molar-refractivity contribution in [3.05, 3.63) is 39.5 Å². The Hall–Kier alpha value is -0.780. The lowest BCUT2D eigenvalue weighted by Gasteiger charge is -2.18. The predicted molar refractivity (Wildman–Crippen MR) is 79.5 cm³/mol. The van der Waals surface area contributed by atoms with Crippen molar-refractivity contribution in [1.29, 1.82) is 0 Å². The molecule has 2 rings (SSSR count). The number of nitrogens with zero attached hydrogens (tertiary/aromatic N) is 2. The van der Waals surface area contributed by atoms with Gasteiger partial charge in [-0.2, -0.15) is 5.10 Å². The van der Waals surface area contributed by atoms with Gasteiger partial charge in [-0.25, -0.2) is 0 Å². The van der Waals surface area contributed by atoms with Crippen molar-refractivity contribution in [3.8, 4) is 0 Å². The average Bonchev–Trinajstić information content (AvgIpc) is 2.95. The fourth-order valence-electron chi connectivity index (χ4n) is 2.07. The summed E-state index contributed by atoms with van der Waals surface area (Å²) in [6.45, 7) is 5.83. The maximum atomic E-state index is 6.29. The Bertz CT molecular complexity index is 538. The third-order valence-corrected chi connectivity index (χ3v) is 3.55. The molecule has 1 N–H and O–H groups in total. The minimum Gasteiger partial charge on any atom is -0.452 e. The molecule has 1 unspecified atom stereocenters. The summed E-state index contributed by atoms with van der Waals surface area (Å²) >= 11 is 9.62. The molecule has 0 spiro atoms. The third-order valence-electron chi connectivity index (χ3n) is 2.83. The summed E-state index contributed by atoms with van der Waals surface area (Å²) in [4.78, 5) is 0. The number of aryl methyl sites for hydroxylation is 1. The highest BCUT2D eigenvalue weighted by atomic mass is 79.9. The quantitative estimate of drug-likeness (QED) is 0.859. The molecule has 2 aromatic heterocycles. The molecule has 0 aromatic carbocycles. The minimum absolute atomic E-state index is 0.0853. The summed E-state index contributed by atoms with van der Waals surface area (Å²) in [5.74, 6) is 0.827. The molecular formula is C13H17BrClN3O. The lowest BCUT2D eigenvalue weighted by Crippen LogP contribution is -2.25. The van der Waals surface area contributed by atoms with Crippen LogP contribution in [0.3, 0.4) is 0 Å². The van der Waals surface area contributed by atoms with Crippen molar-refractivity contribution in [2.75, 3.05) is 6.54 Å². The Morgan fingerprint density at radius 3 is 2.84 bits per heavy atom. The van der Waals surface area contributed by atoms with Gasteiger partial charge in [-0.3, -0.25) is 4.68 Å². The van der Waals surface area contributed by atoms with Crippen LogP contribution in [0.4, 0.5) is 0 Å². The Balaban J connectivity index is 2.41. The monoisotopic (exact) mass is 345 g/mol. The van der Waals surface area contributed by atoms with Gasteiger partial charge in [-0.15, -0.1) is 0 Å². The number of halogens is 2. The molecule has 0 saturated heterocycles. The summed E-state index contributed by atoms with van der Waals surface area (Å²) in [5, 5.41) is 8.39. The molecule has 2 heterocycles. The second-order valence-corrected chi connectivity index (χ2v) is 5.42. The molecule has 19 heavy (non-hydrogen) atoms. The molecule has 2 aromatic rings. The maximum Gasteiger partial charge on any atom is 0.169 e. The van der Waals surface area contributed by atoms with E-state index < -0.39 is 0 Å². The van der Waals surface area contributed by atoms with Crippen LogP contribution in [0.1, 0.15) is 37.8 Å². The van der Waals surface area contributed by atoms with Crippen LogP contribution in [0.5, 0.6) is 0 Å². The van der Waals surface area contributed by atoms with Gasteiger partial charge in [0.1, 0.15) is 11.8 Å². The number of nitrogens with one attached hydrogen (secondary N) is 1. The largest absolute Gasteiger partial charge is 0.452 e. The maximum absolute atomic E-state index is 6.29. The van der Waals surface area contributed by atoms with E-state index in [0.717, 1.165) is 31.0 Å². The fourth-order valence-corrected chi connectivity index (χ4v) is 2.64. The Labute approximate surface area is 126 Å². The van der Waals surface area contributed by atoms with Crippen molar-refractivity contribution in [2.45, 2.75) is 32.9 Å². The second-order valence-electron chi connectivity index (χ2n) is 4.23. The van der Waals surface area contributed by atoms with Crippen LogP contribution in [-0.4, -0.2) is 16.3 Å². The van der Waals surface area contributed by atoms with Gasteiger partial charge >= 0.3 is 0 Å². The van der Waals surface area contributed by atoms with E-state index in [-0.39, 0.29) is 6.04 Å². The molecule has 0 saturated carbocycles. The van der Waals surface area contributed by atoms with Crippen LogP contribution in [0, 0.1) is 0 Å². The topological polar surface area (TPSA) is 43.0 Å². The van der Waals surface area contributed by atoms with Crippen molar-refractivity contribution in [1.82, 2.24) is 15.1 Å². The van der Waals surface area contributed by atoms with Crippen LogP contribution >= 0.6 is 27.5 Å². The number of furan rings is 1. The van der Waals surface area contributed by atoms with Crippen molar-refractivity contribution in [3.63, 3.8) is 0 Å². The van der Waals surface area contributed by atoms with Crippen LogP contribution < -0.4 is 5.32 Å². The van der Waals surface area contributed by atoms with E-state index in [0.29, 0.717) is 9.69 Å². The van der Waals surface area contributed by atoms with Crippen LogP contribution in [-0.2, 0) is 6.54 Å². The molecule has 0 bridgehead atoms. The van der Waals surface area contributed by atoms with Crippen molar-refractivity contribution < 1.29 is 4.42 Å². The van der Waals surface area contributed by atoms with Crippen LogP contribution in [0.2, 0.25) is 5.02 Å². The molecule has 0 aliphatic heterocycles. The highest BCUT2D eigenvalue weighted by Crippen LogP contribution is 2.30.